The first-order chi connectivity index (χ1) is 11.7. The molecular formula is C22H31N2P. The molecule has 0 unspecified atom stereocenters. The van der Waals surface area contributed by atoms with Crippen LogP contribution in [0, 0.1) is 20.8 Å². The number of aliphatic imine (C=N–C) groups is 1. The number of hydrogen-bond donors (Lipinski definition) is 1. The summed E-state index contributed by atoms with van der Waals surface area (Å²) in [5, 5.41) is 1.38. The fourth-order valence-electron chi connectivity index (χ4n) is 3.39. The number of rotatable bonds is 5. The largest absolute Gasteiger partial charge is 0.383 e. The van der Waals surface area contributed by atoms with Crippen LogP contribution in [0.5, 0.6) is 0 Å². The summed E-state index contributed by atoms with van der Waals surface area (Å²) in [5.41, 5.74) is 13.4. The van der Waals surface area contributed by atoms with Crippen molar-refractivity contribution < 1.29 is 0 Å². The van der Waals surface area contributed by atoms with E-state index in [1.807, 2.05) is 0 Å². The molecule has 25 heavy (non-hydrogen) atoms. The van der Waals surface area contributed by atoms with Gasteiger partial charge in [-0.25, -0.2) is 4.99 Å². The third kappa shape index (κ3) is 4.50. The van der Waals surface area contributed by atoms with Crippen LogP contribution in [0.4, 0.5) is 5.69 Å². The second kappa shape index (κ2) is 8.15. The number of para-hydroxylation sites is 1. The van der Waals surface area contributed by atoms with E-state index >= 15 is 0 Å². The molecule has 0 radical (unpaired) electrons. The van der Waals surface area contributed by atoms with E-state index in [1.54, 1.807) is 0 Å². The highest BCUT2D eigenvalue weighted by Gasteiger charge is 2.23. The Balaban J connectivity index is 2.61. The first kappa shape index (κ1) is 19.7. The molecule has 0 saturated heterocycles. The Morgan fingerprint density at radius 2 is 1.48 bits per heavy atom. The van der Waals surface area contributed by atoms with Crippen LogP contribution in [0.15, 0.2) is 41.4 Å². The fourth-order valence-corrected chi connectivity index (χ4v) is 6.51. The normalized spacial score (nSPS) is 12.5. The number of benzene rings is 2. The number of hydrogen-bond acceptors (Lipinski definition) is 1. The Morgan fingerprint density at radius 3 is 2.00 bits per heavy atom. The third-order valence-electron chi connectivity index (χ3n) is 4.49. The van der Waals surface area contributed by atoms with E-state index in [2.05, 4.69) is 84.9 Å². The van der Waals surface area contributed by atoms with Crippen LogP contribution in [-0.2, 0) is 0 Å². The Kier molecular flexibility index (Phi) is 6.41. The molecule has 0 bridgehead atoms. The SMILES string of the molecule is Cc1ccc(C(N)=Nc2c(C)cccc2C)c(P(C(C)C)C(C)C)c1. The minimum Gasteiger partial charge on any atom is -0.383 e. The lowest BCUT2D eigenvalue weighted by Gasteiger charge is -2.28. The second-order valence-electron chi connectivity index (χ2n) is 7.35. The van der Waals surface area contributed by atoms with Gasteiger partial charge in [0.25, 0.3) is 0 Å². The average Bonchev–Trinajstić information content (AvgIpc) is 2.50. The van der Waals surface area contributed by atoms with Crippen molar-refractivity contribution in [2.75, 3.05) is 0 Å². The molecule has 0 heterocycles. The van der Waals surface area contributed by atoms with E-state index in [1.165, 1.54) is 10.9 Å². The molecule has 2 nitrogen and oxygen atoms in total. The topological polar surface area (TPSA) is 38.4 Å². The van der Waals surface area contributed by atoms with Crippen molar-refractivity contribution in [3.8, 4) is 0 Å². The van der Waals surface area contributed by atoms with E-state index in [0.717, 1.165) is 22.4 Å². The second-order valence-corrected chi connectivity index (χ2v) is 10.7. The quantitative estimate of drug-likeness (QED) is 0.425. The highest BCUT2D eigenvalue weighted by Crippen LogP contribution is 2.45. The number of nitrogens with two attached hydrogens (primary N) is 1. The van der Waals surface area contributed by atoms with Gasteiger partial charge in [0.1, 0.15) is 5.84 Å². The predicted molar refractivity (Wildman–Crippen MR) is 114 cm³/mol. The van der Waals surface area contributed by atoms with Crippen molar-refractivity contribution in [1.29, 1.82) is 0 Å². The van der Waals surface area contributed by atoms with Gasteiger partial charge in [-0.15, -0.1) is 0 Å². The van der Waals surface area contributed by atoms with Crippen LogP contribution in [0.3, 0.4) is 0 Å². The Labute approximate surface area is 154 Å². The van der Waals surface area contributed by atoms with Crippen LogP contribution in [0.2, 0.25) is 0 Å². The first-order valence-electron chi connectivity index (χ1n) is 9.02. The Morgan fingerprint density at radius 1 is 0.920 bits per heavy atom. The molecule has 2 aromatic carbocycles. The monoisotopic (exact) mass is 354 g/mol. The smallest absolute Gasteiger partial charge is 0.132 e. The van der Waals surface area contributed by atoms with Gasteiger partial charge in [-0.05, 0) is 48.5 Å². The first-order valence-corrected chi connectivity index (χ1v) is 10.5. The summed E-state index contributed by atoms with van der Waals surface area (Å²) in [6.07, 6.45) is 0. The van der Waals surface area contributed by atoms with Gasteiger partial charge < -0.3 is 5.73 Å². The van der Waals surface area contributed by atoms with Crippen LogP contribution in [-0.4, -0.2) is 17.2 Å². The molecule has 0 aromatic heterocycles. The van der Waals surface area contributed by atoms with Gasteiger partial charge in [0.15, 0.2) is 0 Å². The molecule has 0 aliphatic heterocycles. The minimum absolute atomic E-state index is 0.294. The molecule has 0 saturated carbocycles. The van der Waals surface area contributed by atoms with Crippen LogP contribution in [0.25, 0.3) is 0 Å². The molecular weight excluding hydrogens is 323 g/mol. The van der Waals surface area contributed by atoms with Crippen molar-refractivity contribution in [2.24, 2.45) is 10.7 Å². The van der Waals surface area contributed by atoms with Crippen molar-refractivity contribution in [1.82, 2.24) is 0 Å². The van der Waals surface area contributed by atoms with Gasteiger partial charge in [0, 0.05) is 5.56 Å². The summed E-state index contributed by atoms with van der Waals surface area (Å²) in [6, 6.07) is 12.8. The predicted octanol–water partition coefficient (Wildman–Crippen LogP) is 5.57. The highest BCUT2D eigenvalue weighted by molar-refractivity contribution is 7.67. The van der Waals surface area contributed by atoms with Gasteiger partial charge >= 0.3 is 0 Å². The molecule has 2 aromatic rings. The van der Waals surface area contributed by atoms with Crippen molar-refractivity contribution >= 4 is 24.7 Å². The van der Waals surface area contributed by atoms with Gasteiger partial charge in [-0.3, -0.25) is 0 Å². The molecule has 0 fully saturated rings. The van der Waals surface area contributed by atoms with Crippen LogP contribution >= 0.6 is 7.92 Å². The van der Waals surface area contributed by atoms with E-state index < -0.39 is 0 Å². The summed E-state index contributed by atoms with van der Waals surface area (Å²) in [7, 11) is -0.294. The molecule has 2 N–H and O–H groups in total. The van der Waals surface area contributed by atoms with Crippen molar-refractivity contribution in [3.63, 3.8) is 0 Å². The zero-order chi connectivity index (χ0) is 18.7. The average molecular weight is 354 g/mol. The third-order valence-corrected chi connectivity index (χ3v) is 7.64. The maximum atomic E-state index is 6.51. The van der Waals surface area contributed by atoms with Crippen molar-refractivity contribution in [3.05, 3.63) is 58.7 Å². The standard InChI is InChI=1S/C22H31N2P/c1-14(2)25(15(3)4)20-13-16(5)11-12-19(20)22(23)24-21-17(6)9-8-10-18(21)7/h8-15H,1-7H3,(H2,23,24). The molecule has 0 spiro atoms. The summed E-state index contributed by atoms with van der Waals surface area (Å²) >= 11 is 0. The fraction of sp³-hybridized carbons (Fsp3) is 0.409. The summed E-state index contributed by atoms with van der Waals surface area (Å²) in [4.78, 5) is 4.82. The van der Waals surface area contributed by atoms with Crippen LogP contribution in [0.1, 0.15) is 49.9 Å². The summed E-state index contributed by atoms with van der Waals surface area (Å²) in [5.74, 6) is 0.626. The number of aryl methyl sites for hydroxylation is 3. The molecule has 3 heteroatoms. The lowest BCUT2D eigenvalue weighted by atomic mass is 10.1. The Hall–Kier alpha value is -1.66. The van der Waals surface area contributed by atoms with E-state index in [-0.39, 0.29) is 7.92 Å². The lowest BCUT2D eigenvalue weighted by molar-refractivity contribution is 1.02. The van der Waals surface area contributed by atoms with E-state index in [9.17, 15) is 0 Å². The van der Waals surface area contributed by atoms with Gasteiger partial charge in [0.2, 0.25) is 0 Å². The van der Waals surface area contributed by atoms with Gasteiger partial charge in [-0.2, -0.15) is 0 Å². The number of amidine groups is 1. The summed E-state index contributed by atoms with van der Waals surface area (Å²) in [6.45, 7) is 15.6. The maximum Gasteiger partial charge on any atom is 0.132 e. The maximum absolute atomic E-state index is 6.51. The summed E-state index contributed by atoms with van der Waals surface area (Å²) < 4.78 is 0. The van der Waals surface area contributed by atoms with Crippen LogP contribution < -0.4 is 11.0 Å². The molecule has 134 valence electrons. The molecule has 0 aliphatic carbocycles. The lowest BCUT2D eigenvalue weighted by Crippen LogP contribution is -2.26. The minimum atomic E-state index is -0.294. The van der Waals surface area contributed by atoms with E-state index in [0.29, 0.717) is 17.2 Å². The molecule has 0 atom stereocenters. The molecule has 0 aliphatic rings. The zero-order valence-corrected chi connectivity index (χ0v) is 17.5. The van der Waals surface area contributed by atoms with E-state index in [4.69, 9.17) is 10.7 Å². The van der Waals surface area contributed by atoms with Gasteiger partial charge in [-0.1, -0.05) is 77.6 Å². The highest BCUT2D eigenvalue weighted by atomic mass is 31.1. The number of nitrogens with zero attached hydrogens (tertiary/aromatic N) is 1. The Bertz CT molecular complexity index is 747. The zero-order valence-electron chi connectivity index (χ0n) is 16.6. The molecule has 2 rings (SSSR count). The van der Waals surface area contributed by atoms with Crippen molar-refractivity contribution in [2.45, 2.75) is 59.8 Å². The van der Waals surface area contributed by atoms with Gasteiger partial charge in [0.05, 0.1) is 5.69 Å². The molecule has 0 amide bonds.